The third-order valence-electron chi connectivity index (χ3n) is 8.30. The van der Waals surface area contributed by atoms with Crippen LogP contribution in [-0.4, -0.2) is 29.8 Å². The minimum atomic E-state index is -0.687. The Morgan fingerprint density at radius 3 is 2.36 bits per heavy atom. The lowest BCUT2D eigenvalue weighted by molar-refractivity contribution is -0.138. The molecule has 3 aromatic rings. The van der Waals surface area contributed by atoms with Crippen molar-refractivity contribution in [3.05, 3.63) is 77.9 Å². The summed E-state index contributed by atoms with van der Waals surface area (Å²) in [7, 11) is 0. The Hall–Kier alpha value is -3.80. The Labute approximate surface area is 231 Å². The number of hydrogen-bond acceptors (Lipinski definition) is 3. The third-order valence-corrected chi connectivity index (χ3v) is 8.30. The number of rotatable bonds is 7. The van der Waals surface area contributed by atoms with Gasteiger partial charge in [-0.15, -0.1) is 0 Å². The smallest absolute Gasteiger partial charge is 0.326 e. The van der Waals surface area contributed by atoms with Crippen LogP contribution >= 0.6 is 0 Å². The average molecular weight is 527 g/mol. The van der Waals surface area contributed by atoms with Gasteiger partial charge >= 0.3 is 12.0 Å². The van der Waals surface area contributed by atoms with Gasteiger partial charge in [0.25, 0.3) is 0 Å². The van der Waals surface area contributed by atoms with E-state index in [9.17, 15) is 9.59 Å². The van der Waals surface area contributed by atoms with Crippen LogP contribution in [0.5, 0.6) is 5.75 Å². The molecule has 1 aliphatic heterocycles. The molecule has 6 heteroatoms. The van der Waals surface area contributed by atoms with Gasteiger partial charge in [0.2, 0.25) is 0 Å². The van der Waals surface area contributed by atoms with E-state index < -0.39 is 5.97 Å². The molecule has 1 aliphatic carbocycles. The summed E-state index contributed by atoms with van der Waals surface area (Å²) in [6.07, 6.45) is 5.92. The number of carboxylic acids is 1. The average Bonchev–Trinajstić information content (AvgIpc) is 2.96. The predicted molar refractivity (Wildman–Crippen MR) is 156 cm³/mol. The van der Waals surface area contributed by atoms with Gasteiger partial charge in [-0.25, -0.2) is 4.79 Å². The number of aliphatic carboxylic acids is 1. The fourth-order valence-corrected chi connectivity index (χ4v) is 5.96. The molecule has 3 aromatic carbocycles. The van der Waals surface area contributed by atoms with Crippen LogP contribution in [0.3, 0.4) is 0 Å². The number of anilines is 2. The number of aryl methyl sites for hydroxylation is 1. The second-order valence-electron chi connectivity index (χ2n) is 10.8. The van der Waals surface area contributed by atoms with Gasteiger partial charge in [0.05, 0.1) is 12.2 Å². The lowest BCUT2D eigenvalue weighted by atomic mass is 9.77. The molecule has 39 heavy (non-hydrogen) atoms. The number of ether oxygens (including phenoxy) is 1. The number of carboxylic acid groups (broad SMARTS) is 1. The van der Waals surface area contributed by atoms with Gasteiger partial charge in [0.1, 0.15) is 11.9 Å². The summed E-state index contributed by atoms with van der Waals surface area (Å²) >= 11 is 0. The summed E-state index contributed by atoms with van der Waals surface area (Å²) in [6.45, 7) is 4.67. The molecule has 2 amide bonds. The molecule has 6 nitrogen and oxygen atoms in total. The number of hydrogen-bond donors (Lipinski definition) is 2. The van der Waals surface area contributed by atoms with E-state index in [-0.39, 0.29) is 18.6 Å². The Balaban J connectivity index is 1.32. The molecule has 1 atom stereocenters. The van der Waals surface area contributed by atoms with E-state index in [1.807, 2.05) is 36.4 Å². The zero-order chi connectivity index (χ0) is 27.4. The van der Waals surface area contributed by atoms with Crippen LogP contribution in [0.2, 0.25) is 0 Å². The lowest BCUT2D eigenvalue weighted by Gasteiger charge is -2.35. The number of nitrogens with one attached hydrogen (secondary N) is 1. The molecule has 5 rings (SSSR count). The van der Waals surface area contributed by atoms with Crippen molar-refractivity contribution in [3.63, 3.8) is 0 Å². The summed E-state index contributed by atoms with van der Waals surface area (Å²) in [5.74, 6) is 0.840. The fraction of sp³-hybridized carbons (Fsp3) is 0.394. The van der Waals surface area contributed by atoms with E-state index in [2.05, 4.69) is 49.5 Å². The molecule has 0 saturated heterocycles. The molecule has 1 heterocycles. The van der Waals surface area contributed by atoms with Gasteiger partial charge in [-0.2, -0.15) is 0 Å². The van der Waals surface area contributed by atoms with E-state index in [0.717, 1.165) is 72.3 Å². The highest BCUT2D eigenvalue weighted by Crippen LogP contribution is 2.40. The summed E-state index contributed by atoms with van der Waals surface area (Å²) < 4.78 is 6.31. The van der Waals surface area contributed by atoms with Crippen molar-refractivity contribution in [2.75, 3.05) is 16.8 Å². The number of urea groups is 1. The number of para-hydroxylation sites is 1. The number of fused-ring (bicyclic) bond motifs is 1. The number of benzene rings is 3. The molecule has 0 aromatic heterocycles. The van der Waals surface area contributed by atoms with Gasteiger partial charge in [-0.1, -0.05) is 62.4 Å². The Bertz CT molecular complexity index is 1310. The van der Waals surface area contributed by atoms with Crippen molar-refractivity contribution < 1.29 is 19.4 Å². The number of amides is 2. The second-order valence-corrected chi connectivity index (χ2v) is 10.8. The Morgan fingerprint density at radius 1 is 0.949 bits per heavy atom. The van der Waals surface area contributed by atoms with Crippen LogP contribution in [0.1, 0.15) is 69.4 Å². The normalized spacial score (nSPS) is 20.6. The SMILES string of the molecule is CCc1ccccc1NC(=O)N1CC(CC)Oc2cc(-c3ccc([C@H]4CC[C@H](CC(=O)O)CC4)cc3)ccc21. The van der Waals surface area contributed by atoms with Crippen molar-refractivity contribution in [2.24, 2.45) is 5.92 Å². The fourth-order valence-electron chi connectivity index (χ4n) is 5.96. The van der Waals surface area contributed by atoms with Crippen molar-refractivity contribution >= 4 is 23.4 Å². The molecule has 204 valence electrons. The first-order valence-corrected chi connectivity index (χ1v) is 14.2. The van der Waals surface area contributed by atoms with E-state index in [0.29, 0.717) is 18.4 Å². The van der Waals surface area contributed by atoms with Crippen LogP contribution in [0, 0.1) is 5.92 Å². The summed E-state index contributed by atoms with van der Waals surface area (Å²) in [5, 5.41) is 12.2. The number of carbonyl (C=O) groups excluding carboxylic acids is 1. The predicted octanol–water partition coefficient (Wildman–Crippen LogP) is 7.87. The minimum Gasteiger partial charge on any atom is -0.486 e. The van der Waals surface area contributed by atoms with Crippen molar-refractivity contribution in [3.8, 4) is 16.9 Å². The molecule has 1 fully saturated rings. The van der Waals surface area contributed by atoms with Crippen molar-refractivity contribution in [2.45, 2.75) is 70.8 Å². The largest absolute Gasteiger partial charge is 0.486 e. The highest BCUT2D eigenvalue weighted by molar-refractivity contribution is 6.03. The quantitative estimate of drug-likeness (QED) is 0.328. The van der Waals surface area contributed by atoms with Gasteiger partial charge in [-0.3, -0.25) is 9.69 Å². The van der Waals surface area contributed by atoms with Crippen molar-refractivity contribution in [1.29, 1.82) is 0 Å². The van der Waals surface area contributed by atoms with E-state index in [1.165, 1.54) is 5.56 Å². The maximum atomic E-state index is 13.4. The monoisotopic (exact) mass is 526 g/mol. The summed E-state index contributed by atoms with van der Waals surface area (Å²) in [4.78, 5) is 26.2. The van der Waals surface area contributed by atoms with Crippen LogP contribution in [0.15, 0.2) is 66.7 Å². The van der Waals surface area contributed by atoms with Crippen LogP contribution in [0.25, 0.3) is 11.1 Å². The molecular weight excluding hydrogens is 488 g/mol. The third kappa shape index (κ3) is 6.11. The van der Waals surface area contributed by atoms with Gasteiger partial charge in [-0.05, 0) is 90.8 Å². The summed E-state index contributed by atoms with van der Waals surface area (Å²) in [6, 6.07) is 22.6. The topological polar surface area (TPSA) is 78.9 Å². The van der Waals surface area contributed by atoms with E-state index in [1.54, 1.807) is 4.90 Å². The highest BCUT2D eigenvalue weighted by Gasteiger charge is 2.30. The first kappa shape index (κ1) is 26.8. The van der Waals surface area contributed by atoms with E-state index >= 15 is 0 Å². The standard InChI is InChI=1S/C33H38N2O4/c1-3-23-7-5-6-8-29(23)34-33(38)35-21-28(4-2)39-31-20-27(17-18-30(31)35)26-15-13-25(14-16-26)24-11-9-22(10-12-24)19-32(36)37/h5-8,13-18,20,22,24,28H,3-4,9-12,19,21H2,1-2H3,(H,34,38)(H,36,37)/t22-,24-,28?. The molecule has 0 bridgehead atoms. The highest BCUT2D eigenvalue weighted by atomic mass is 16.5. The Kier molecular flexibility index (Phi) is 8.20. The zero-order valence-corrected chi connectivity index (χ0v) is 22.9. The molecule has 2 aliphatic rings. The molecule has 0 radical (unpaired) electrons. The van der Waals surface area contributed by atoms with Crippen molar-refractivity contribution in [1.82, 2.24) is 0 Å². The maximum Gasteiger partial charge on any atom is 0.326 e. The van der Waals surface area contributed by atoms with Crippen LogP contribution in [-0.2, 0) is 11.2 Å². The minimum absolute atomic E-state index is 0.0708. The zero-order valence-electron chi connectivity index (χ0n) is 22.9. The first-order valence-electron chi connectivity index (χ1n) is 14.2. The second kappa shape index (κ2) is 11.9. The van der Waals surface area contributed by atoms with Crippen LogP contribution in [0.4, 0.5) is 16.2 Å². The van der Waals surface area contributed by atoms with Crippen LogP contribution < -0.4 is 15.0 Å². The number of nitrogens with zero attached hydrogens (tertiary/aromatic N) is 1. The molecule has 2 N–H and O–H groups in total. The van der Waals surface area contributed by atoms with E-state index in [4.69, 9.17) is 9.84 Å². The molecular formula is C33H38N2O4. The Morgan fingerprint density at radius 2 is 1.67 bits per heavy atom. The molecule has 1 unspecified atom stereocenters. The number of carbonyl (C=O) groups is 2. The summed E-state index contributed by atoms with van der Waals surface area (Å²) in [5.41, 5.74) is 6.22. The molecule has 0 spiro atoms. The lowest BCUT2D eigenvalue weighted by Crippen LogP contribution is -2.45. The first-order chi connectivity index (χ1) is 18.9. The molecule has 1 saturated carbocycles. The van der Waals surface area contributed by atoms with Gasteiger partial charge < -0.3 is 15.2 Å². The maximum absolute atomic E-state index is 13.4. The van der Waals surface area contributed by atoms with Gasteiger partial charge in [0, 0.05) is 12.1 Å². The van der Waals surface area contributed by atoms with Gasteiger partial charge in [0.15, 0.2) is 0 Å².